The third kappa shape index (κ3) is 17.5. The molecule has 0 aliphatic heterocycles. The number of pyridine rings is 4. The quantitative estimate of drug-likeness (QED) is 0.0939. The number of nitrogens with zero attached hydrogens (tertiary/aromatic N) is 6. The number of halogens is 3. The van der Waals surface area contributed by atoms with Crippen molar-refractivity contribution in [3.8, 4) is 45.0 Å². The molecule has 0 unspecified atom stereocenters. The van der Waals surface area contributed by atoms with E-state index in [1.165, 1.54) is 43.6 Å². The van der Waals surface area contributed by atoms with E-state index in [9.17, 15) is 13.2 Å². The minimum absolute atomic E-state index is 0. The first-order valence-corrected chi connectivity index (χ1v) is 26.6. The summed E-state index contributed by atoms with van der Waals surface area (Å²) < 4.78 is 63.6. The average Bonchev–Trinajstić information content (AvgIpc) is 4.14. The first-order valence-electron chi connectivity index (χ1n) is 25.2. The van der Waals surface area contributed by atoms with Crippen molar-refractivity contribution < 1.29 is 76.6 Å². The number of aromatic nitrogens is 6. The largest absolute Gasteiger partial charge is 0.741 e. The summed E-state index contributed by atoms with van der Waals surface area (Å²) in [6, 6.07) is 77.0. The molecule has 12 aromatic rings. The second-order valence-electron chi connectivity index (χ2n) is 17.1. The summed E-state index contributed by atoms with van der Waals surface area (Å²) in [5.41, 5.74) is 9.73. The van der Waals surface area contributed by atoms with Gasteiger partial charge in [-0.15, -0.1) is 108 Å². The van der Waals surface area contributed by atoms with Crippen LogP contribution in [0.4, 0.5) is 13.2 Å². The van der Waals surface area contributed by atoms with Gasteiger partial charge in [0.05, 0.1) is 11.2 Å². The molecule has 6 heterocycles. The van der Waals surface area contributed by atoms with Gasteiger partial charge in [-0.2, -0.15) is 13.2 Å². The van der Waals surface area contributed by atoms with Gasteiger partial charge in [0.2, 0.25) is 0 Å². The summed E-state index contributed by atoms with van der Waals surface area (Å²) in [5.74, 6) is 0. The first kappa shape index (κ1) is 66.9. The summed E-state index contributed by atoms with van der Waals surface area (Å²) in [6.45, 7) is 10.3. The van der Waals surface area contributed by atoms with Crippen LogP contribution in [-0.2, 0) is 63.4 Å². The number of benzene rings is 6. The molecule has 0 aliphatic rings. The molecule has 0 saturated heterocycles. The molecular weight excluding hydrogens is 1420 g/mol. The molecule has 0 fully saturated rings. The average molecular weight is 1480 g/mol. The summed E-state index contributed by atoms with van der Waals surface area (Å²) in [4.78, 5) is 18.1. The van der Waals surface area contributed by atoms with E-state index in [-0.39, 0.29) is 40.2 Å². The van der Waals surface area contributed by atoms with Crippen LogP contribution in [0, 0.1) is 32.0 Å². The number of para-hydroxylation sites is 2. The predicted octanol–water partition coefficient (Wildman–Crippen LogP) is 14.5. The number of rotatable bonds is 6. The molecule has 6 aromatic carbocycles. The van der Waals surface area contributed by atoms with E-state index in [4.69, 9.17) is 23.2 Å². The predicted molar refractivity (Wildman–Crippen MR) is 314 cm³/mol. The van der Waals surface area contributed by atoms with E-state index in [1.807, 2.05) is 142 Å². The number of alkyl halides is 3. The van der Waals surface area contributed by atoms with E-state index >= 15 is 0 Å². The molecule has 0 bridgehead atoms. The summed E-state index contributed by atoms with van der Waals surface area (Å²) >= 11 is 0. The number of aliphatic hydroxyl groups is 2. The van der Waals surface area contributed by atoms with Crippen LogP contribution in [0.3, 0.4) is 0 Å². The molecule has 0 aliphatic carbocycles. The zero-order valence-electron chi connectivity index (χ0n) is 45.6. The fourth-order valence-corrected chi connectivity index (χ4v) is 8.52. The molecular formula is C65H59F3Ir2N6O5S-4. The van der Waals surface area contributed by atoms with E-state index in [1.54, 1.807) is 0 Å². The number of hydrogen-bond donors (Lipinski definition) is 2. The van der Waals surface area contributed by atoms with Crippen LogP contribution in [0.25, 0.3) is 88.6 Å². The van der Waals surface area contributed by atoms with Crippen LogP contribution in [0.5, 0.6) is 0 Å². The van der Waals surface area contributed by atoms with Crippen LogP contribution in [0.2, 0.25) is 0 Å². The Bertz CT molecular complexity index is 3730. The normalized spacial score (nSPS) is 10.4. The van der Waals surface area contributed by atoms with Gasteiger partial charge < -0.3 is 38.9 Å². The number of fused-ring (bicyclic) bond motifs is 6. The van der Waals surface area contributed by atoms with Crippen molar-refractivity contribution in [2.75, 3.05) is 14.2 Å². The molecule has 0 atom stereocenters. The second kappa shape index (κ2) is 32.8. The maximum Gasteiger partial charge on any atom is 0.485 e. The topological polar surface area (TPSA) is 159 Å². The molecule has 12 rings (SSSR count). The Morgan fingerprint density at radius 1 is 0.463 bits per heavy atom. The smallest absolute Gasteiger partial charge is 0.485 e. The van der Waals surface area contributed by atoms with Gasteiger partial charge in [0.25, 0.3) is 0 Å². The van der Waals surface area contributed by atoms with Crippen LogP contribution >= 0.6 is 0 Å². The van der Waals surface area contributed by atoms with Gasteiger partial charge in [-0.3, -0.25) is 4.98 Å². The molecule has 0 amide bonds. The van der Waals surface area contributed by atoms with Crippen molar-refractivity contribution in [2.45, 2.75) is 46.3 Å². The van der Waals surface area contributed by atoms with Gasteiger partial charge in [-0.25, -0.2) is 8.42 Å². The molecule has 6 aromatic heterocycles. The van der Waals surface area contributed by atoms with Gasteiger partial charge in [0.15, 0.2) is 10.1 Å². The fourth-order valence-electron chi connectivity index (χ4n) is 8.52. The van der Waals surface area contributed by atoms with Crippen molar-refractivity contribution in [1.82, 2.24) is 29.1 Å². The van der Waals surface area contributed by atoms with Crippen LogP contribution in [0.15, 0.2) is 213 Å². The van der Waals surface area contributed by atoms with Crippen molar-refractivity contribution in [1.29, 1.82) is 0 Å². The Hall–Kier alpha value is -7.56. The van der Waals surface area contributed by atoms with Crippen molar-refractivity contribution in [3.05, 3.63) is 242 Å². The standard InChI is InChI=1S/C19H16N2.C19H15N2.2C12H10N.CHF3O3S.2CH4O.2Ir/c2*1-2-21-18-11-7-6-10-15(18)16-13-20-17(12-19(16)21)14-8-4-3-5-9-14;2*1-10-6-5-9-12(13-10)11-7-3-2-4-8-11;2-1(3,4)8(5,6)7;2*1-2;;/h3-13H,2H2,1H3;3-8,10-13H,2H2,1H3;2*2-7,9H,1H3;(H,5,6,7);2*2H,1H3;;/q;3*-1;;;;;/p-1. The second-order valence-corrected chi connectivity index (χ2v) is 18.5. The zero-order chi connectivity index (χ0) is 57.7. The third-order valence-corrected chi connectivity index (χ3v) is 12.6. The zero-order valence-corrected chi connectivity index (χ0v) is 51.2. The van der Waals surface area contributed by atoms with Crippen molar-refractivity contribution in [3.63, 3.8) is 0 Å². The maximum absolute atomic E-state index is 10.7. The van der Waals surface area contributed by atoms with Crippen LogP contribution in [0.1, 0.15) is 25.2 Å². The number of aryl methyl sites for hydroxylation is 4. The SMILES string of the molecule is CCn1c2ccccc2c2cnc(-c3[c-]cccc3)cc21.CCn1c2ccccc2c2cnc(-c3ccccc3)cc21.CO.CO.Cc1cccc(-c2[c-]cccc2)n1.Cc1cccc(-c2[c-]cccc2)n1.O=S(=O)([O-])C(F)(F)F.[Ir].[Ir]. The molecule has 2 radical (unpaired) electrons. The Balaban J connectivity index is 0.000000223. The van der Waals surface area contributed by atoms with Gasteiger partial charge in [-0.1, -0.05) is 97.1 Å². The Kier molecular flexibility index (Phi) is 26.8. The third-order valence-electron chi connectivity index (χ3n) is 12.0. The molecule has 0 spiro atoms. The minimum Gasteiger partial charge on any atom is -0.741 e. The van der Waals surface area contributed by atoms with E-state index in [2.05, 4.69) is 146 Å². The molecule has 82 heavy (non-hydrogen) atoms. The number of hydrogen-bond acceptors (Lipinski definition) is 9. The van der Waals surface area contributed by atoms with Crippen LogP contribution in [-0.4, -0.2) is 72.0 Å². The molecule has 11 nitrogen and oxygen atoms in total. The van der Waals surface area contributed by atoms with Gasteiger partial charge in [0.1, 0.15) is 0 Å². The summed E-state index contributed by atoms with van der Waals surface area (Å²) in [6.07, 6.45) is 3.99. The van der Waals surface area contributed by atoms with Gasteiger partial charge in [0, 0.05) is 135 Å². The molecule has 428 valence electrons. The molecule has 2 N–H and O–H groups in total. The Morgan fingerprint density at radius 2 is 0.817 bits per heavy atom. The summed E-state index contributed by atoms with van der Waals surface area (Å²) in [5, 5.41) is 19.0. The maximum atomic E-state index is 10.7. The first-order chi connectivity index (χ1) is 38.7. The van der Waals surface area contributed by atoms with E-state index < -0.39 is 15.6 Å². The summed E-state index contributed by atoms with van der Waals surface area (Å²) in [7, 11) is -4.09. The van der Waals surface area contributed by atoms with Gasteiger partial charge in [-0.05, 0) is 75.1 Å². The molecule has 0 saturated carbocycles. The van der Waals surface area contributed by atoms with E-state index in [0.29, 0.717) is 0 Å². The Morgan fingerprint density at radius 3 is 1.18 bits per heavy atom. The number of aliphatic hydroxyl groups excluding tert-OH is 2. The fraction of sp³-hybridized carbons (Fsp3) is 0.138. The van der Waals surface area contributed by atoms with E-state index in [0.717, 1.165) is 83.7 Å². The monoisotopic (exact) mass is 1480 g/mol. The van der Waals surface area contributed by atoms with Gasteiger partial charge >= 0.3 is 5.51 Å². The van der Waals surface area contributed by atoms with Crippen molar-refractivity contribution in [2.24, 2.45) is 0 Å². The van der Waals surface area contributed by atoms with Crippen LogP contribution < -0.4 is 0 Å². The Labute approximate surface area is 503 Å². The van der Waals surface area contributed by atoms with Crippen molar-refractivity contribution >= 4 is 53.7 Å². The molecule has 17 heteroatoms. The minimum atomic E-state index is -6.09.